The van der Waals surface area contributed by atoms with Crippen molar-refractivity contribution in [3.05, 3.63) is 65.2 Å². The number of nitrogens with one attached hydrogen (secondary N) is 2. The minimum atomic E-state index is -1.14. The zero-order chi connectivity index (χ0) is 27.2. The second-order valence-electron chi connectivity index (χ2n) is 11.0. The van der Waals surface area contributed by atoms with E-state index in [2.05, 4.69) is 10.6 Å². The summed E-state index contributed by atoms with van der Waals surface area (Å²) >= 11 is 0. The van der Waals surface area contributed by atoms with E-state index in [9.17, 15) is 19.5 Å². The number of rotatable bonds is 8. The van der Waals surface area contributed by atoms with Gasteiger partial charge in [-0.2, -0.15) is 0 Å². The summed E-state index contributed by atoms with van der Waals surface area (Å²) < 4.78 is 6.76. The molecule has 2 bridgehead atoms. The molecule has 2 aromatic carbocycles. The van der Waals surface area contributed by atoms with Gasteiger partial charge in [0.25, 0.3) is 0 Å². The molecule has 3 saturated heterocycles. The zero-order valence-corrected chi connectivity index (χ0v) is 22.5. The van der Waals surface area contributed by atoms with Crippen LogP contribution in [0.25, 0.3) is 0 Å². The standard InChI is InChI=1S/C30H37N3O5/c1-5-29-13-14-30(38-29)24(23(29)26(35)31-4)28(37)33(21(17-34)16-20-9-7-6-8-10-20)25(30)27(36)32-22-15-18(2)11-12-19(22)3/h6-12,15,21,23-25,34H,5,13-14,16-17H2,1-4H3,(H,31,35)(H,32,36)/t21-,23-,24+,25?,29+,30?/m1/s1. The fraction of sp³-hybridized carbons (Fsp3) is 0.500. The molecular formula is C30H37N3O5. The van der Waals surface area contributed by atoms with Gasteiger partial charge in [-0.3, -0.25) is 14.4 Å². The number of carbonyl (C=O) groups excluding carboxylic acids is 3. The van der Waals surface area contributed by atoms with E-state index in [-0.39, 0.29) is 24.3 Å². The first-order chi connectivity index (χ1) is 18.2. The number of hydrogen-bond acceptors (Lipinski definition) is 5. The fourth-order valence-electron chi connectivity index (χ4n) is 7.11. The quantitative estimate of drug-likeness (QED) is 0.497. The molecule has 0 saturated carbocycles. The van der Waals surface area contributed by atoms with Gasteiger partial charge < -0.3 is 25.4 Å². The van der Waals surface area contributed by atoms with Crippen LogP contribution in [0, 0.1) is 25.7 Å². The summed E-state index contributed by atoms with van der Waals surface area (Å²) in [4.78, 5) is 43.3. The number of aliphatic hydroxyl groups is 1. The van der Waals surface area contributed by atoms with Crippen LogP contribution in [0.1, 0.15) is 42.9 Å². The van der Waals surface area contributed by atoms with E-state index in [1.165, 1.54) is 4.90 Å². The molecule has 2 aromatic rings. The lowest BCUT2D eigenvalue weighted by Gasteiger charge is -2.37. The summed E-state index contributed by atoms with van der Waals surface area (Å²) in [7, 11) is 1.57. The summed E-state index contributed by atoms with van der Waals surface area (Å²) in [5, 5.41) is 16.3. The fourth-order valence-corrected chi connectivity index (χ4v) is 7.11. The first kappa shape index (κ1) is 26.4. The molecule has 3 fully saturated rings. The predicted molar refractivity (Wildman–Crippen MR) is 143 cm³/mol. The minimum absolute atomic E-state index is 0.245. The largest absolute Gasteiger partial charge is 0.394 e. The van der Waals surface area contributed by atoms with Crippen LogP contribution in [0.2, 0.25) is 0 Å². The molecule has 3 heterocycles. The Hall–Kier alpha value is -3.23. The lowest BCUT2D eigenvalue weighted by Crippen LogP contribution is -2.57. The van der Waals surface area contributed by atoms with Crippen molar-refractivity contribution in [2.24, 2.45) is 11.8 Å². The number of nitrogens with zero attached hydrogens (tertiary/aromatic N) is 1. The summed E-state index contributed by atoms with van der Waals surface area (Å²) in [5.41, 5.74) is 1.59. The lowest BCUT2D eigenvalue weighted by molar-refractivity contribution is -0.149. The number of anilines is 1. The van der Waals surface area contributed by atoms with Crippen molar-refractivity contribution >= 4 is 23.4 Å². The number of ether oxygens (including phenoxy) is 1. The van der Waals surface area contributed by atoms with Crippen LogP contribution in [-0.2, 0) is 25.5 Å². The van der Waals surface area contributed by atoms with Crippen molar-refractivity contribution in [2.45, 2.75) is 69.7 Å². The molecule has 5 rings (SSSR count). The van der Waals surface area contributed by atoms with Crippen molar-refractivity contribution in [2.75, 3.05) is 19.0 Å². The molecule has 3 aliphatic heterocycles. The summed E-state index contributed by atoms with van der Waals surface area (Å²) in [6.45, 7) is 5.53. The van der Waals surface area contributed by atoms with Gasteiger partial charge in [0.2, 0.25) is 17.7 Å². The van der Waals surface area contributed by atoms with E-state index in [0.29, 0.717) is 31.4 Å². The van der Waals surface area contributed by atoms with E-state index in [4.69, 9.17) is 4.74 Å². The highest BCUT2D eigenvalue weighted by Crippen LogP contribution is 2.64. The van der Waals surface area contributed by atoms with Gasteiger partial charge in [0.15, 0.2) is 0 Å². The van der Waals surface area contributed by atoms with Crippen LogP contribution in [-0.4, -0.2) is 64.7 Å². The number of aryl methyl sites for hydroxylation is 2. The van der Waals surface area contributed by atoms with Crippen LogP contribution in [0.5, 0.6) is 0 Å². The molecule has 3 amide bonds. The molecule has 3 N–H and O–H groups in total. The van der Waals surface area contributed by atoms with Gasteiger partial charge in [-0.1, -0.05) is 49.4 Å². The topological polar surface area (TPSA) is 108 Å². The molecule has 3 aliphatic rings. The number of carbonyl (C=O) groups is 3. The maximum absolute atomic E-state index is 14.3. The zero-order valence-electron chi connectivity index (χ0n) is 22.5. The predicted octanol–water partition coefficient (Wildman–Crippen LogP) is 2.75. The van der Waals surface area contributed by atoms with Crippen molar-refractivity contribution in [3.8, 4) is 0 Å². The van der Waals surface area contributed by atoms with Crippen LogP contribution in [0.3, 0.4) is 0 Å². The van der Waals surface area contributed by atoms with Crippen molar-refractivity contribution in [1.82, 2.24) is 10.2 Å². The van der Waals surface area contributed by atoms with Gasteiger partial charge in [0.05, 0.1) is 30.1 Å². The van der Waals surface area contributed by atoms with Crippen LogP contribution in [0.15, 0.2) is 48.5 Å². The van der Waals surface area contributed by atoms with Crippen molar-refractivity contribution in [1.29, 1.82) is 0 Å². The molecule has 1 spiro atoms. The van der Waals surface area contributed by atoms with Crippen LogP contribution in [0.4, 0.5) is 5.69 Å². The maximum atomic E-state index is 14.3. The molecular weight excluding hydrogens is 482 g/mol. The lowest BCUT2D eigenvalue weighted by atomic mass is 9.65. The molecule has 0 aromatic heterocycles. The van der Waals surface area contributed by atoms with Gasteiger partial charge in [-0.25, -0.2) is 0 Å². The molecule has 6 atom stereocenters. The molecule has 202 valence electrons. The van der Waals surface area contributed by atoms with E-state index in [1.807, 2.05) is 69.3 Å². The molecule has 38 heavy (non-hydrogen) atoms. The average Bonchev–Trinajstić information content (AvgIpc) is 3.53. The SMILES string of the molecule is CC[C@@]12CCC3(O1)C(C(=O)Nc1cc(C)ccc1C)N([C@@H](CO)Cc1ccccc1)C(=O)[C@@H]3[C@@H]2C(=O)NC. The second-order valence-corrected chi connectivity index (χ2v) is 11.0. The third-order valence-electron chi connectivity index (χ3n) is 8.97. The van der Waals surface area contributed by atoms with E-state index < -0.39 is 35.1 Å². The highest BCUT2D eigenvalue weighted by molar-refractivity contribution is 6.04. The molecule has 0 radical (unpaired) electrons. The number of benzene rings is 2. The summed E-state index contributed by atoms with van der Waals surface area (Å²) in [5.74, 6) is -2.40. The minimum Gasteiger partial charge on any atom is -0.394 e. The highest BCUT2D eigenvalue weighted by Gasteiger charge is 2.79. The van der Waals surface area contributed by atoms with Crippen molar-refractivity contribution < 1.29 is 24.2 Å². The van der Waals surface area contributed by atoms with E-state index in [1.54, 1.807) is 7.05 Å². The maximum Gasteiger partial charge on any atom is 0.250 e. The first-order valence-electron chi connectivity index (χ1n) is 13.5. The summed E-state index contributed by atoms with van der Waals surface area (Å²) in [6.07, 6.45) is 2.03. The highest BCUT2D eigenvalue weighted by atomic mass is 16.5. The normalized spacial score (nSPS) is 30.3. The smallest absolute Gasteiger partial charge is 0.250 e. The number of aliphatic hydroxyl groups excluding tert-OH is 1. The molecule has 0 aliphatic carbocycles. The van der Waals surface area contributed by atoms with E-state index in [0.717, 1.165) is 16.7 Å². The second kappa shape index (κ2) is 9.82. The van der Waals surface area contributed by atoms with Gasteiger partial charge in [0, 0.05) is 12.7 Å². The third-order valence-corrected chi connectivity index (χ3v) is 8.97. The van der Waals surface area contributed by atoms with Crippen LogP contribution >= 0.6 is 0 Å². The number of amides is 3. The Kier molecular flexibility index (Phi) is 6.82. The number of fused-ring (bicyclic) bond motifs is 1. The van der Waals surface area contributed by atoms with Crippen molar-refractivity contribution in [3.63, 3.8) is 0 Å². The van der Waals surface area contributed by atoms with Gasteiger partial charge in [0.1, 0.15) is 11.6 Å². The molecule has 8 heteroatoms. The summed E-state index contributed by atoms with van der Waals surface area (Å²) in [6, 6.07) is 13.8. The third kappa shape index (κ3) is 3.93. The Bertz CT molecular complexity index is 1250. The average molecular weight is 520 g/mol. The van der Waals surface area contributed by atoms with Gasteiger partial charge in [-0.15, -0.1) is 0 Å². The van der Waals surface area contributed by atoms with Gasteiger partial charge in [-0.05, 0) is 62.3 Å². The Morgan fingerprint density at radius 3 is 2.53 bits per heavy atom. The number of hydrogen-bond donors (Lipinski definition) is 3. The first-order valence-corrected chi connectivity index (χ1v) is 13.5. The Morgan fingerprint density at radius 2 is 1.87 bits per heavy atom. The van der Waals surface area contributed by atoms with E-state index >= 15 is 0 Å². The number of likely N-dealkylation sites (tertiary alicyclic amines) is 1. The monoisotopic (exact) mass is 519 g/mol. The Balaban J connectivity index is 1.60. The molecule has 8 nitrogen and oxygen atoms in total. The van der Waals surface area contributed by atoms with Gasteiger partial charge >= 0.3 is 0 Å². The Morgan fingerprint density at radius 1 is 1.13 bits per heavy atom. The molecule has 2 unspecified atom stereocenters. The van der Waals surface area contributed by atoms with Crippen LogP contribution < -0.4 is 10.6 Å². The Labute approximate surface area is 223 Å².